The number of nitrogens with one attached hydrogen (secondary N) is 1. The summed E-state index contributed by atoms with van der Waals surface area (Å²) >= 11 is 0. The standard InChI is InChI=1S/C17H15NO3/c1-11(16-10-12-5-2-3-8-15(12)21-16)18-14-7-4-6-13(9-14)17(19)20/h2-11,18H,1H3,(H,19,20). The monoisotopic (exact) mass is 281 g/mol. The van der Waals surface area contributed by atoms with E-state index in [1.54, 1.807) is 18.2 Å². The number of furan rings is 1. The summed E-state index contributed by atoms with van der Waals surface area (Å²) in [5.41, 5.74) is 1.86. The van der Waals surface area contributed by atoms with Crippen molar-refractivity contribution in [3.8, 4) is 0 Å². The normalized spacial score (nSPS) is 12.2. The number of rotatable bonds is 4. The predicted molar refractivity (Wildman–Crippen MR) is 81.7 cm³/mol. The summed E-state index contributed by atoms with van der Waals surface area (Å²) in [7, 11) is 0. The molecule has 0 saturated carbocycles. The minimum atomic E-state index is -0.935. The van der Waals surface area contributed by atoms with Gasteiger partial charge in [0.1, 0.15) is 11.3 Å². The van der Waals surface area contributed by atoms with Crippen LogP contribution in [0, 0.1) is 0 Å². The molecule has 0 aliphatic rings. The van der Waals surface area contributed by atoms with Gasteiger partial charge in [-0.3, -0.25) is 0 Å². The number of para-hydroxylation sites is 1. The van der Waals surface area contributed by atoms with Gasteiger partial charge in [0, 0.05) is 11.1 Å². The molecule has 0 bridgehead atoms. The first-order valence-electron chi connectivity index (χ1n) is 6.72. The fraction of sp³-hybridized carbons (Fsp3) is 0.118. The fourth-order valence-corrected chi connectivity index (χ4v) is 2.28. The molecule has 4 heteroatoms. The molecule has 0 aliphatic heterocycles. The Morgan fingerprint density at radius 3 is 2.71 bits per heavy atom. The van der Waals surface area contributed by atoms with Gasteiger partial charge in [0.2, 0.25) is 0 Å². The average Bonchev–Trinajstić information content (AvgIpc) is 2.91. The highest BCUT2D eigenvalue weighted by molar-refractivity contribution is 5.88. The summed E-state index contributed by atoms with van der Waals surface area (Å²) in [6.07, 6.45) is 0. The first-order valence-corrected chi connectivity index (χ1v) is 6.72. The maximum atomic E-state index is 11.0. The van der Waals surface area contributed by atoms with Crippen LogP contribution in [0.25, 0.3) is 11.0 Å². The molecule has 4 nitrogen and oxygen atoms in total. The number of aromatic carboxylic acids is 1. The summed E-state index contributed by atoms with van der Waals surface area (Å²) in [5.74, 6) is -0.119. The summed E-state index contributed by atoms with van der Waals surface area (Å²) < 4.78 is 5.80. The first-order chi connectivity index (χ1) is 10.1. The van der Waals surface area contributed by atoms with Gasteiger partial charge in [0.25, 0.3) is 0 Å². The van der Waals surface area contributed by atoms with Crippen molar-refractivity contribution in [1.82, 2.24) is 0 Å². The molecule has 106 valence electrons. The molecule has 1 atom stereocenters. The molecule has 1 aromatic heterocycles. The van der Waals surface area contributed by atoms with Gasteiger partial charge in [-0.15, -0.1) is 0 Å². The fourth-order valence-electron chi connectivity index (χ4n) is 2.28. The van der Waals surface area contributed by atoms with Crippen LogP contribution in [0.2, 0.25) is 0 Å². The molecule has 0 radical (unpaired) electrons. The Morgan fingerprint density at radius 2 is 1.95 bits per heavy atom. The SMILES string of the molecule is CC(Nc1cccc(C(=O)O)c1)c1cc2ccccc2o1. The largest absolute Gasteiger partial charge is 0.478 e. The van der Waals surface area contributed by atoms with Gasteiger partial charge in [-0.1, -0.05) is 24.3 Å². The molecule has 2 aromatic carbocycles. The Labute approximate surface area is 122 Å². The molecule has 21 heavy (non-hydrogen) atoms. The lowest BCUT2D eigenvalue weighted by atomic mass is 10.1. The molecule has 0 aliphatic carbocycles. The van der Waals surface area contributed by atoms with E-state index in [2.05, 4.69) is 5.32 Å². The quantitative estimate of drug-likeness (QED) is 0.748. The third-order valence-corrected chi connectivity index (χ3v) is 3.36. The van der Waals surface area contributed by atoms with E-state index >= 15 is 0 Å². The zero-order valence-corrected chi connectivity index (χ0v) is 11.5. The molecule has 3 rings (SSSR count). The number of anilines is 1. The Morgan fingerprint density at radius 1 is 1.14 bits per heavy atom. The Hall–Kier alpha value is -2.75. The second kappa shape index (κ2) is 5.32. The Kier molecular flexibility index (Phi) is 3.36. The second-order valence-corrected chi connectivity index (χ2v) is 4.94. The van der Waals surface area contributed by atoms with Gasteiger partial charge < -0.3 is 14.8 Å². The van der Waals surface area contributed by atoms with Gasteiger partial charge in [0.15, 0.2) is 0 Å². The van der Waals surface area contributed by atoms with E-state index < -0.39 is 5.97 Å². The van der Waals surface area contributed by atoms with Crippen molar-refractivity contribution in [3.05, 3.63) is 65.9 Å². The lowest BCUT2D eigenvalue weighted by Crippen LogP contribution is -2.06. The van der Waals surface area contributed by atoms with E-state index in [9.17, 15) is 4.79 Å². The highest BCUT2D eigenvalue weighted by Crippen LogP contribution is 2.26. The summed E-state index contributed by atoms with van der Waals surface area (Å²) in [5, 5.41) is 13.3. The van der Waals surface area contributed by atoms with Crippen LogP contribution in [-0.2, 0) is 0 Å². The predicted octanol–water partition coefficient (Wildman–Crippen LogP) is 4.30. The highest BCUT2D eigenvalue weighted by atomic mass is 16.4. The smallest absolute Gasteiger partial charge is 0.335 e. The highest BCUT2D eigenvalue weighted by Gasteiger charge is 2.12. The molecular formula is C17H15NO3. The molecule has 0 amide bonds. The van der Waals surface area contributed by atoms with Crippen LogP contribution < -0.4 is 5.32 Å². The average molecular weight is 281 g/mol. The van der Waals surface area contributed by atoms with Crippen LogP contribution in [0.5, 0.6) is 0 Å². The van der Waals surface area contributed by atoms with Crippen LogP contribution >= 0.6 is 0 Å². The molecule has 2 N–H and O–H groups in total. The van der Waals surface area contributed by atoms with Gasteiger partial charge in [-0.2, -0.15) is 0 Å². The lowest BCUT2D eigenvalue weighted by molar-refractivity contribution is 0.0697. The second-order valence-electron chi connectivity index (χ2n) is 4.94. The van der Waals surface area contributed by atoms with Gasteiger partial charge in [0.05, 0.1) is 11.6 Å². The van der Waals surface area contributed by atoms with Crippen LogP contribution in [0.3, 0.4) is 0 Å². The maximum Gasteiger partial charge on any atom is 0.335 e. The number of carboxylic acid groups (broad SMARTS) is 1. The summed E-state index contributed by atoms with van der Waals surface area (Å²) in [6.45, 7) is 1.98. The third kappa shape index (κ3) is 2.74. The minimum Gasteiger partial charge on any atom is -0.478 e. The van der Waals surface area contributed by atoms with Gasteiger partial charge >= 0.3 is 5.97 Å². The van der Waals surface area contributed by atoms with Crippen LogP contribution in [0.1, 0.15) is 29.1 Å². The lowest BCUT2D eigenvalue weighted by Gasteiger charge is -2.13. The Bertz CT molecular complexity index is 758. The minimum absolute atomic E-state index is 0.0542. The zero-order valence-electron chi connectivity index (χ0n) is 11.5. The third-order valence-electron chi connectivity index (χ3n) is 3.36. The van der Waals surface area contributed by atoms with E-state index in [1.807, 2.05) is 43.3 Å². The molecule has 0 fully saturated rings. The molecule has 1 unspecified atom stereocenters. The van der Waals surface area contributed by atoms with E-state index in [0.29, 0.717) is 0 Å². The molecule has 3 aromatic rings. The molecule has 0 spiro atoms. The molecular weight excluding hydrogens is 266 g/mol. The topological polar surface area (TPSA) is 62.5 Å². The van der Waals surface area contributed by atoms with Gasteiger partial charge in [-0.25, -0.2) is 4.79 Å². The van der Waals surface area contributed by atoms with Crippen molar-refractivity contribution in [2.24, 2.45) is 0 Å². The zero-order chi connectivity index (χ0) is 14.8. The van der Waals surface area contributed by atoms with Crippen LogP contribution in [-0.4, -0.2) is 11.1 Å². The van der Waals surface area contributed by atoms with Crippen molar-refractivity contribution in [3.63, 3.8) is 0 Å². The van der Waals surface area contributed by atoms with Crippen molar-refractivity contribution in [1.29, 1.82) is 0 Å². The molecule has 1 heterocycles. The van der Waals surface area contributed by atoms with Crippen molar-refractivity contribution in [2.45, 2.75) is 13.0 Å². The number of carboxylic acids is 1. The van der Waals surface area contributed by atoms with Crippen LogP contribution in [0.15, 0.2) is 59.0 Å². The van der Waals surface area contributed by atoms with Gasteiger partial charge in [-0.05, 0) is 37.3 Å². The van der Waals surface area contributed by atoms with Crippen molar-refractivity contribution < 1.29 is 14.3 Å². The summed E-state index contributed by atoms with van der Waals surface area (Å²) in [6, 6.07) is 16.5. The van der Waals surface area contributed by atoms with E-state index in [0.717, 1.165) is 22.4 Å². The van der Waals surface area contributed by atoms with E-state index in [4.69, 9.17) is 9.52 Å². The van der Waals surface area contributed by atoms with E-state index in [1.165, 1.54) is 0 Å². The summed E-state index contributed by atoms with van der Waals surface area (Å²) in [4.78, 5) is 11.0. The number of hydrogen-bond acceptors (Lipinski definition) is 3. The van der Waals surface area contributed by atoms with Crippen molar-refractivity contribution in [2.75, 3.05) is 5.32 Å². The van der Waals surface area contributed by atoms with Crippen molar-refractivity contribution >= 4 is 22.6 Å². The molecule has 0 saturated heterocycles. The van der Waals surface area contributed by atoms with E-state index in [-0.39, 0.29) is 11.6 Å². The number of benzene rings is 2. The number of hydrogen-bond donors (Lipinski definition) is 2. The Balaban J connectivity index is 1.84. The maximum absolute atomic E-state index is 11.0. The number of fused-ring (bicyclic) bond motifs is 1. The van der Waals surface area contributed by atoms with Crippen LogP contribution in [0.4, 0.5) is 5.69 Å². The number of carbonyl (C=O) groups is 1. The first kappa shape index (κ1) is 13.2.